The molecule has 21 heavy (non-hydrogen) atoms. The molecule has 1 N–H and O–H groups in total. The molecule has 1 aromatic heterocycles. The van der Waals surface area contributed by atoms with Gasteiger partial charge >= 0.3 is 0 Å². The van der Waals surface area contributed by atoms with Crippen molar-refractivity contribution in [3.05, 3.63) is 47.0 Å². The SMILES string of the molecule is COc1cccc(C=Nc2ccc3nc(C)sc3c2)c1O. The first-order valence-electron chi connectivity index (χ1n) is 6.44. The van der Waals surface area contributed by atoms with Crippen molar-refractivity contribution in [2.75, 3.05) is 7.11 Å². The molecule has 0 aliphatic heterocycles. The highest BCUT2D eigenvalue weighted by atomic mass is 32.1. The molecule has 0 aliphatic carbocycles. The van der Waals surface area contributed by atoms with Crippen molar-refractivity contribution >= 4 is 33.5 Å². The maximum Gasteiger partial charge on any atom is 0.166 e. The smallest absolute Gasteiger partial charge is 0.166 e. The minimum atomic E-state index is 0.0958. The lowest BCUT2D eigenvalue weighted by Gasteiger charge is -2.04. The van der Waals surface area contributed by atoms with Crippen LogP contribution in [0.2, 0.25) is 0 Å². The van der Waals surface area contributed by atoms with E-state index in [1.165, 1.54) is 7.11 Å². The number of nitrogens with zero attached hydrogens (tertiary/aromatic N) is 2. The molecule has 0 radical (unpaired) electrons. The fraction of sp³-hybridized carbons (Fsp3) is 0.125. The lowest BCUT2D eigenvalue weighted by Crippen LogP contribution is -1.88. The van der Waals surface area contributed by atoms with Crippen molar-refractivity contribution in [3.63, 3.8) is 0 Å². The molecule has 0 fully saturated rings. The van der Waals surface area contributed by atoms with Crippen LogP contribution in [-0.4, -0.2) is 23.4 Å². The van der Waals surface area contributed by atoms with Gasteiger partial charge in [0.15, 0.2) is 11.5 Å². The molecule has 3 rings (SSSR count). The van der Waals surface area contributed by atoms with E-state index >= 15 is 0 Å². The number of hydrogen-bond acceptors (Lipinski definition) is 5. The van der Waals surface area contributed by atoms with E-state index < -0.39 is 0 Å². The van der Waals surface area contributed by atoms with Crippen LogP contribution in [0, 0.1) is 6.92 Å². The summed E-state index contributed by atoms with van der Waals surface area (Å²) in [6.07, 6.45) is 1.63. The van der Waals surface area contributed by atoms with E-state index in [1.54, 1.807) is 29.7 Å². The third-order valence-electron chi connectivity index (χ3n) is 3.08. The Kier molecular flexibility index (Phi) is 3.58. The average Bonchev–Trinajstić information content (AvgIpc) is 2.85. The van der Waals surface area contributed by atoms with Gasteiger partial charge in [0.25, 0.3) is 0 Å². The third-order valence-corrected chi connectivity index (χ3v) is 4.02. The Morgan fingerprint density at radius 1 is 1.29 bits per heavy atom. The summed E-state index contributed by atoms with van der Waals surface area (Å²) in [5.41, 5.74) is 2.43. The van der Waals surface area contributed by atoms with Crippen molar-refractivity contribution < 1.29 is 9.84 Å². The first-order chi connectivity index (χ1) is 10.2. The van der Waals surface area contributed by atoms with Gasteiger partial charge in [-0.1, -0.05) is 6.07 Å². The molecule has 0 unspecified atom stereocenters. The van der Waals surface area contributed by atoms with E-state index in [4.69, 9.17) is 4.74 Å². The summed E-state index contributed by atoms with van der Waals surface area (Å²) in [5, 5.41) is 11.1. The van der Waals surface area contributed by atoms with E-state index in [0.717, 1.165) is 20.9 Å². The van der Waals surface area contributed by atoms with Crippen LogP contribution in [0.4, 0.5) is 5.69 Å². The third kappa shape index (κ3) is 2.73. The number of fused-ring (bicyclic) bond motifs is 1. The Labute approximate surface area is 126 Å². The zero-order chi connectivity index (χ0) is 14.8. The van der Waals surface area contributed by atoms with Crippen LogP contribution in [0.25, 0.3) is 10.2 Å². The summed E-state index contributed by atoms with van der Waals surface area (Å²) in [7, 11) is 1.52. The van der Waals surface area contributed by atoms with Gasteiger partial charge in [0.2, 0.25) is 0 Å². The average molecular weight is 298 g/mol. The lowest BCUT2D eigenvalue weighted by atomic mass is 10.2. The number of rotatable bonds is 3. The molecule has 3 aromatic rings. The first-order valence-corrected chi connectivity index (χ1v) is 7.26. The Hall–Kier alpha value is -2.40. The largest absolute Gasteiger partial charge is 0.504 e. The van der Waals surface area contributed by atoms with E-state index in [9.17, 15) is 5.11 Å². The number of aromatic hydroxyl groups is 1. The molecule has 0 atom stereocenters. The standard InChI is InChI=1S/C16H14N2O2S/c1-10-18-13-7-6-12(8-15(13)21-10)17-9-11-4-3-5-14(20-2)16(11)19/h3-9,19H,1-2H3. The fourth-order valence-corrected chi connectivity index (χ4v) is 2.92. The number of hydrogen-bond donors (Lipinski definition) is 1. The number of aliphatic imine (C=N–C) groups is 1. The van der Waals surface area contributed by atoms with Crippen LogP contribution in [0.5, 0.6) is 11.5 Å². The van der Waals surface area contributed by atoms with E-state index in [2.05, 4.69) is 9.98 Å². The number of aryl methyl sites for hydroxylation is 1. The van der Waals surface area contributed by atoms with Gasteiger partial charge in [0.1, 0.15) is 0 Å². The molecule has 106 valence electrons. The Bertz CT molecular complexity index is 824. The second kappa shape index (κ2) is 5.54. The van der Waals surface area contributed by atoms with Gasteiger partial charge in [0.05, 0.1) is 28.0 Å². The Morgan fingerprint density at radius 2 is 2.14 bits per heavy atom. The first kappa shape index (κ1) is 13.6. The summed E-state index contributed by atoms with van der Waals surface area (Å²) < 4.78 is 6.19. The van der Waals surface area contributed by atoms with Gasteiger partial charge in [0, 0.05) is 11.8 Å². The number of aromatic nitrogens is 1. The fourth-order valence-electron chi connectivity index (χ4n) is 2.06. The number of benzene rings is 2. The zero-order valence-electron chi connectivity index (χ0n) is 11.7. The number of methoxy groups -OCH3 is 1. The van der Waals surface area contributed by atoms with Crippen LogP contribution in [-0.2, 0) is 0 Å². The Morgan fingerprint density at radius 3 is 2.95 bits per heavy atom. The van der Waals surface area contributed by atoms with Gasteiger partial charge in [-0.2, -0.15) is 0 Å². The maximum absolute atomic E-state index is 10.0. The monoisotopic (exact) mass is 298 g/mol. The number of phenolic OH excluding ortho intramolecular Hbond substituents is 1. The summed E-state index contributed by atoms with van der Waals surface area (Å²) in [5.74, 6) is 0.533. The number of ether oxygens (including phenoxy) is 1. The molecular weight excluding hydrogens is 284 g/mol. The van der Waals surface area contributed by atoms with Crippen molar-refractivity contribution in [2.24, 2.45) is 4.99 Å². The van der Waals surface area contributed by atoms with Crippen LogP contribution in [0.3, 0.4) is 0 Å². The van der Waals surface area contributed by atoms with Crippen LogP contribution >= 0.6 is 11.3 Å². The molecule has 0 bridgehead atoms. The maximum atomic E-state index is 10.0. The van der Waals surface area contributed by atoms with Gasteiger partial charge < -0.3 is 9.84 Å². The quantitative estimate of drug-likeness (QED) is 0.742. The van der Waals surface area contributed by atoms with E-state index in [-0.39, 0.29) is 5.75 Å². The topological polar surface area (TPSA) is 54.7 Å². The van der Waals surface area contributed by atoms with Crippen molar-refractivity contribution in [1.82, 2.24) is 4.98 Å². The summed E-state index contributed by atoms with van der Waals surface area (Å²) in [6.45, 7) is 1.99. The predicted molar refractivity (Wildman–Crippen MR) is 86.3 cm³/mol. The molecule has 2 aromatic carbocycles. The molecule has 1 heterocycles. The highest BCUT2D eigenvalue weighted by molar-refractivity contribution is 7.18. The number of phenols is 1. The summed E-state index contributed by atoms with van der Waals surface area (Å²) in [6, 6.07) is 11.2. The highest BCUT2D eigenvalue weighted by Gasteiger charge is 2.05. The zero-order valence-corrected chi connectivity index (χ0v) is 12.5. The molecule has 0 aliphatic rings. The van der Waals surface area contributed by atoms with Crippen molar-refractivity contribution in [2.45, 2.75) is 6.92 Å². The summed E-state index contributed by atoms with van der Waals surface area (Å²) >= 11 is 1.64. The lowest BCUT2D eigenvalue weighted by molar-refractivity contribution is 0.373. The second-order valence-electron chi connectivity index (χ2n) is 4.54. The van der Waals surface area contributed by atoms with Crippen LogP contribution in [0.15, 0.2) is 41.4 Å². The minimum absolute atomic E-state index is 0.0958. The van der Waals surface area contributed by atoms with E-state index in [1.807, 2.05) is 31.2 Å². The molecule has 4 nitrogen and oxygen atoms in total. The highest BCUT2D eigenvalue weighted by Crippen LogP contribution is 2.29. The molecule has 0 saturated carbocycles. The van der Waals surface area contributed by atoms with Gasteiger partial charge in [-0.3, -0.25) is 4.99 Å². The second-order valence-corrected chi connectivity index (χ2v) is 5.78. The van der Waals surface area contributed by atoms with Crippen LogP contribution in [0.1, 0.15) is 10.6 Å². The van der Waals surface area contributed by atoms with Crippen molar-refractivity contribution in [1.29, 1.82) is 0 Å². The molecule has 0 spiro atoms. The molecule has 0 saturated heterocycles. The Balaban J connectivity index is 1.94. The van der Waals surface area contributed by atoms with Gasteiger partial charge in [-0.25, -0.2) is 4.98 Å². The van der Waals surface area contributed by atoms with Crippen molar-refractivity contribution in [3.8, 4) is 11.5 Å². The summed E-state index contributed by atoms with van der Waals surface area (Å²) in [4.78, 5) is 8.83. The number of para-hydroxylation sites is 1. The molecular formula is C16H14N2O2S. The number of thiazole rings is 1. The van der Waals surface area contributed by atoms with Crippen LogP contribution < -0.4 is 4.74 Å². The minimum Gasteiger partial charge on any atom is -0.504 e. The molecule has 0 amide bonds. The van der Waals surface area contributed by atoms with Gasteiger partial charge in [-0.15, -0.1) is 11.3 Å². The molecule has 5 heteroatoms. The van der Waals surface area contributed by atoms with E-state index in [0.29, 0.717) is 11.3 Å². The normalized spacial score (nSPS) is 11.3. The van der Waals surface area contributed by atoms with Gasteiger partial charge in [-0.05, 0) is 37.3 Å². The predicted octanol–water partition coefficient (Wildman–Crippen LogP) is 4.07.